The number of methoxy groups -OCH3 is 2. The number of aryl methyl sites for hydroxylation is 1. The second-order valence-electron chi connectivity index (χ2n) is 10.7. The van der Waals surface area contributed by atoms with Gasteiger partial charge in [-0.25, -0.2) is 9.79 Å². The van der Waals surface area contributed by atoms with E-state index in [2.05, 4.69) is 10.6 Å². The first-order valence-corrected chi connectivity index (χ1v) is 15.3. The van der Waals surface area contributed by atoms with Gasteiger partial charge in [0, 0.05) is 17.1 Å². The molecule has 0 N–H and O–H groups in total. The molecule has 0 fully saturated rings. The van der Waals surface area contributed by atoms with Gasteiger partial charge >= 0.3 is 5.97 Å². The molecule has 0 radical (unpaired) electrons. The van der Waals surface area contributed by atoms with E-state index in [1.165, 1.54) is 11.3 Å². The van der Waals surface area contributed by atoms with Crippen LogP contribution in [0.5, 0.6) is 17.2 Å². The third-order valence-corrected chi connectivity index (χ3v) is 8.45. The summed E-state index contributed by atoms with van der Waals surface area (Å²) in [4.78, 5) is 32.7. The van der Waals surface area contributed by atoms with Gasteiger partial charge in [-0.1, -0.05) is 17.4 Å². The summed E-state index contributed by atoms with van der Waals surface area (Å²) < 4.78 is 26.5. The standard InChI is InChI=1S/C34H37N3O6S/c1-9-42-33(39)30-21(5)35-34-37(31(30)23-10-15-27(43-19(2)3)28(17-23)41-8)32(38)29(44-34)18-24-16-20(4)36(22(24)6)25-11-13-26(40-7)14-12-25/h10-19,31H,9H2,1-8H3/b29-18-/t31-/m1/s1. The molecular weight excluding hydrogens is 578 g/mol. The van der Waals surface area contributed by atoms with Crippen molar-refractivity contribution in [2.24, 2.45) is 4.99 Å². The lowest BCUT2D eigenvalue weighted by atomic mass is 9.95. The highest BCUT2D eigenvalue weighted by Crippen LogP contribution is 2.36. The van der Waals surface area contributed by atoms with E-state index < -0.39 is 12.0 Å². The zero-order valence-corrected chi connectivity index (χ0v) is 27.1. The normalized spacial score (nSPS) is 14.8. The van der Waals surface area contributed by atoms with Crippen LogP contribution in [0.25, 0.3) is 11.8 Å². The van der Waals surface area contributed by atoms with Crippen LogP contribution in [0.1, 0.15) is 56.3 Å². The Morgan fingerprint density at radius 1 is 1.02 bits per heavy atom. The Hall–Kier alpha value is -4.57. The van der Waals surface area contributed by atoms with Gasteiger partial charge < -0.3 is 23.5 Å². The summed E-state index contributed by atoms with van der Waals surface area (Å²) in [6.45, 7) is 11.6. The van der Waals surface area contributed by atoms with E-state index in [1.807, 2.05) is 64.1 Å². The van der Waals surface area contributed by atoms with E-state index in [9.17, 15) is 9.59 Å². The molecule has 5 rings (SSSR count). The van der Waals surface area contributed by atoms with Crippen molar-refractivity contribution in [2.45, 2.75) is 53.7 Å². The minimum Gasteiger partial charge on any atom is -0.497 e. The van der Waals surface area contributed by atoms with Crippen LogP contribution in [0.3, 0.4) is 0 Å². The average Bonchev–Trinajstić information content (AvgIpc) is 3.45. The minimum absolute atomic E-state index is 0.0589. The highest BCUT2D eigenvalue weighted by atomic mass is 32.1. The highest BCUT2D eigenvalue weighted by molar-refractivity contribution is 7.07. The lowest BCUT2D eigenvalue weighted by Gasteiger charge is -2.25. The van der Waals surface area contributed by atoms with E-state index in [0.717, 1.165) is 28.4 Å². The average molecular weight is 616 g/mol. The van der Waals surface area contributed by atoms with Crippen LogP contribution in [-0.2, 0) is 9.53 Å². The third kappa shape index (κ3) is 5.69. The largest absolute Gasteiger partial charge is 0.497 e. The predicted molar refractivity (Wildman–Crippen MR) is 171 cm³/mol. The molecule has 1 atom stereocenters. The molecule has 230 valence electrons. The van der Waals surface area contributed by atoms with Crippen molar-refractivity contribution in [1.82, 2.24) is 9.13 Å². The van der Waals surface area contributed by atoms with Crippen LogP contribution in [-0.4, -0.2) is 42.0 Å². The quantitative estimate of drug-likeness (QED) is 0.246. The van der Waals surface area contributed by atoms with Crippen LogP contribution in [0.15, 0.2) is 69.6 Å². The Labute approximate surface area is 260 Å². The Balaban J connectivity index is 1.67. The van der Waals surface area contributed by atoms with Gasteiger partial charge in [0.1, 0.15) is 5.75 Å². The van der Waals surface area contributed by atoms with Crippen molar-refractivity contribution in [2.75, 3.05) is 20.8 Å². The van der Waals surface area contributed by atoms with Crippen LogP contribution < -0.4 is 29.1 Å². The van der Waals surface area contributed by atoms with Crippen LogP contribution in [0.4, 0.5) is 0 Å². The number of carbonyl (C=O) groups is 1. The second kappa shape index (κ2) is 12.6. The van der Waals surface area contributed by atoms with E-state index in [-0.39, 0.29) is 18.3 Å². The maximum Gasteiger partial charge on any atom is 0.338 e. The molecule has 2 aromatic carbocycles. The molecule has 1 aliphatic heterocycles. The van der Waals surface area contributed by atoms with E-state index >= 15 is 0 Å². The molecule has 3 heterocycles. The molecule has 9 nitrogen and oxygen atoms in total. The number of fused-ring (bicyclic) bond motifs is 1. The first-order valence-electron chi connectivity index (χ1n) is 14.5. The Morgan fingerprint density at radius 3 is 2.39 bits per heavy atom. The number of nitrogens with zero attached hydrogens (tertiary/aromatic N) is 3. The molecular formula is C34H37N3O6S. The third-order valence-electron chi connectivity index (χ3n) is 7.47. The van der Waals surface area contributed by atoms with Gasteiger partial charge in [0.25, 0.3) is 5.56 Å². The fourth-order valence-corrected chi connectivity index (χ4v) is 6.55. The van der Waals surface area contributed by atoms with E-state index in [1.54, 1.807) is 44.8 Å². The first kappa shape index (κ1) is 30.9. The Kier molecular flexibility index (Phi) is 8.82. The van der Waals surface area contributed by atoms with Crippen LogP contribution >= 0.6 is 11.3 Å². The Bertz CT molecular complexity index is 1930. The summed E-state index contributed by atoms with van der Waals surface area (Å²) in [6, 6.07) is 14.6. The summed E-state index contributed by atoms with van der Waals surface area (Å²) in [7, 11) is 3.21. The number of carbonyl (C=O) groups excluding carboxylic acids is 1. The minimum atomic E-state index is -0.763. The summed E-state index contributed by atoms with van der Waals surface area (Å²) in [5.74, 6) is 1.34. The fraction of sp³-hybridized carbons (Fsp3) is 0.324. The fourth-order valence-electron chi connectivity index (χ4n) is 5.52. The SMILES string of the molecule is CCOC(=O)C1=C(C)N=c2s/c(=C\c3cc(C)n(-c4ccc(OC)cc4)c3C)c(=O)n2[C@@H]1c1ccc(OC(C)C)c(OC)c1. The maximum absolute atomic E-state index is 14.2. The van der Waals surface area contributed by atoms with Gasteiger partial charge in [-0.3, -0.25) is 9.36 Å². The number of allylic oxidation sites excluding steroid dienone is 1. The topological polar surface area (TPSA) is 93.3 Å². The first-order chi connectivity index (χ1) is 21.1. The van der Waals surface area contributed by atoms with Gasteiger partial charge in [0.05, 0.1) is 48.8 Å². The summed E-state index contributed by atoms with van der Waals surface area (Å²) >= 11 is 1.29. The number of thiazole rings is 1. The van der Waals surface area contributed by atoms with Crippen molar-refractivity contribution in [3.8, 4) is 22.9 Å². The van der Waals surface area contributed by atoms with Crippen LogP contribution in [0.2, 0.25) is 0 Å². The van der Waals surface area contributed by atoms with Crippen molar-refractivity contribution >= 4 is 23.4 Å². The number of hydrogen-bond donors (Lipinski definition) is 0. The van der Waals surface area contributed by atoms with Gasteiger partial charge in [-0.05, 0) is 101 Å². The van der Waals surface area contributed by atoms with Crippen molar-refractivity contribution in [3.05, 3.63) is 102 Å². The van der Waals surface area contributed by atoms with Gasteiger partial charge in [-0.15, -0.1) is 0 Å². The smallest absolute Gasteiger partial charge is 0.338 e. The van der Waals surface area contributed by atoms with Gasteiger partial charge in [-0.2, -0.15) is 0 Å². The lowest BCUT2D eigenvalue weighted by molar-refractivity contribution is -0.139. The van der Waals surface area contributed by atoms with Crippen molar-refractivity contribution in [3.63, 3.8) is 0 Å². The van der Waals surface area contributed by atoms with Gasteiger partial charge in [0.15, 0.2) is 16.3 Å². The zero-order chi connectivity index (χ0) is 31.7. The van der Waals surface area contributed by atoms with Crippen molar-refractivity contribution in [1.29, 1.82) is 0 Å². The summed E-state index contributed by atoms with van der Waals surface area (Å²) in [5, 5.41) is 0. The summed E-state index contributed by atoms with van der Waals surface area (Å²) in [6.07, 6.45) is 1.84. The molecule has 44 heavy (non-hydrogen) atoms. The molecule has 4 aromatic rings. The molecule has 0 spiro atoms. The predicted octanol–water partition coefficient (Wildman–Crippen LogP) is 5.01. The number of esters is 1. The molecule has 10 heteroatoms. The van der Waals surface area contributed by atoms with Crippen molar-refractivity contribution < 1.29 is 23.7 Å². The number of aromatic nitrogens is 2. The number of benzene rings is 2. The number of hydrogen-bond acceptors (Lipinski definition) is 8. The molecule has 0 bridgehead atoms. The molecule has 0 aliphatic carbocycles. The monoisotopic (exact) mass is 615 g/mol. The van der Waals surface area contributed by atoms with E-state index in [4.69, 9.17) is 23.9 Å². The maximum atomic E-state index is 14.2. The molecule has 0 saturated heterocycles. The number of ether oxygens (including phenoxy) is 4. The molecule has 0 saturated carbocycles. The summed E-state index contributed by atoms with van der Waals surface area (Å²) in [5.41, 5.74) is 5.17. The molecule has 2 aromatic heterocycles. The Morgan fingerprint density at radius 2 is 1.75 bits per heavy atom. The highest BCUT2D eigenvalue weighted by Gasteiger charge is 2.34. The second-order valence-corrected chi connectivity index (χ2v) is 11.7. The van der Waals surface area contributed by atoms with E-state index in [0.29, 0.717) is 37.7 Å². The molecule has 0 amide bonds. The molecule has 0 unspecified atom stereocenters. The lowest BCUT2D eigenvalue weighted by Crippen LogP contribution is -2.40. The number of rotatable bonds is 9. The van der Waals surface area contributed by atoms with Crippen LogP contribution in [0, 0.1) is 13.8 Å². The zero-order valence-electron chi connectivity index (χ0n) is 26.3. The molecule has 1 aliphatic rings. The van der Waals surface area contributed by atoms with Gasteiger partial charge in [0.2, 0.25) is 0 Å².